The molecule has 148 valence electrons. The molecule has 0 saturated carbocycles. The van der Waals surface area contributed by atoms with E-state index in [-0.39, 0.29) is 0 Å². The zero-order valence-electron chi connectivity index (χ0n) is 16.9. The van der Waals surface area contributed by atoms with Crippen LogP contribution >= 0.6 is 0 Å². The average molecular weight is 399 g/mol. The van der Waals surface area contributed by atoms with E-state index >= 15 is 0 Å². The molecule has 0 aliphatic carbocycles. The normalized spacial score (nSPS) is 10.6. The van der Waals surface area contributed by atoms with Crippen LogP contribution in [0.25, 0.3) is 33.8 Å². The summed E-state index contributed by atoms with van der Waals surface area (Å²) in [6, 6.07) is 39.1. The lowest BCUT2D eigenvalue weighted by Crippen LogP contribution is -1.99. The molecule has 0 aliphatic rings. The minimum absolute atomic E-state index is 0.712. The molecule has 31 heavy (non-hydrogen) atoms. The summed E-state index contributed by atoms with van der Waals surface area (Å²) in [5.41, 5.74) is 7.18. The van der Waals surface area contributed by atoms with Gasteiger partial charge < -0.3 is 5.32 Å². The fourth-order valence-electron chi connectivity index (χ4n) is 3.55. The van der Waals surface area contributed by atoms with Crippen molar-refractivity contribution in [2.45, 2.75) is 0 Å². The molecule has 4 aromatic carbocycles. The van der Waals surface area contributed by atoms with Crippen molar-refractivity contribution in [1.29, 1.82) is 0 Å². The number of nitrogens with zero attached hydrogens (tertiary/aromatic N) is 2. The van der Waals surface area contributed by atoms with Crippen molar-refractivity contribution in [3.05, 3.63) is 121 Å². The number of hydrogen-bond donors (Lipinski definition) is 1. The quantitative estimate of drug-likeness (QED) is 0.339. The fourth-order valence-corrected chi connectivity index (χ4v) is 3.55. The zero-order chi connectivity index (χ0) is 20.9. The second kappa shape index (κ2) is 8.64. The van der Waals surface area contributed by atoms with Crippen LogP contribution in [0.4, 0.5) is 11.4 Å². The first-order chi connectivity index (χ1) is 15.4. The molecule has 3 nitrogen and oxygen atoms in total. The van der Waals surface area contributed by atoms with Gasteiger partial charge in [0.05, 0.1) is 17.6 Å². The molecule has 0 fully saturated rings. The third kappa shape index (κ3) is 4.21. The Hall–Kier alpha value is -4.24. The first-order valence-electron chi connectivity index (χ1n) is 10.3. The van der Waals surface area contributed by atoms with Gasteiger partial charge in [-0.05, 0) is 23.3 Å². The van der Waals surface area contributed by atoms with Crippen molar-refractivity contribution in [2.75, 3.05) is 5.32 Å². The van der Waals surface area contributed by atoms with Gasteiger partial charge >= 0.3 is 0 Å². The Labute approximate surface area is 182 Å². The van der Waals surface area contributed by atoms with Crippen LogP contribution in [0.3, 0.4) is 0 Å². The summed E-state index contributed by atoms with van der Waals surface area (Å²) < 4.78 is 0. The predicted octanol–water partition coefficient (Wildman–Crippen LogP) is 7.22. The number of anilines is 2. The topological polar surface area (TPSA) is 37.8 Å². The first-order valence-corrected chi connectivity index (χ1v) is 10.3. The maximum atomic E-state index is 4.90. The van der Waals surface area contributed by atoms with Gasteiger partial charge in [0.2, 0.25) is 0 Å². The fraction of sp³-hybridized carbons (Fsp3) is 0. The standard InChI is InChI=1S/C28H21N3/c1-4-10-21(11-5-1)22-16-18-25(19-17-22)30-26-20-29-28(24-14-8-3-9-15-24)31-27(26)23-12-6-2-7-13-23/h1-20,30H. The number of benzene rings is 4. The van der Waals surface area contributed by atoms with E-state index in [9.17, 15) is 0 Å². The van der Waals surface area contributed by atoms with Crippen LogP contribution in [-0.4, -0.2) is 9.97 Å². The second-order valence-corrected chi connectivity index (χ2v) is 7.26. The smallest absolute Gasteiger partial charge is 0.159 e. The van der Waals surface area contributed by atoms with E-state index < -0.39 is 0 Å². The summed E-state index contributed by atoms with van der Waals surface area (Å²) >= 11 is 0. The number of nitrogens with one attached hydrogen (secondary N) is 1. The number of hydrogen-bond acceptors (Lipinski definition) is 3. The lowest BCUT2D eigenvalue weighted by molar-refractivity contribution is 1.18. The van der Waals surface area contributed by atoms with E-state index in [1.165, 1.54) is 11.1 Å². The molecular weight excluding hydrogens is 378 g/mol. The molecule has 0 bridgehead atoms. The van der Waals surface area contributed by atoms with Crippen LogP contribution in [0.5, 0.6) is 0 Å². The Morgan fingerprint density at radius 2 is 1.00 bits per heavy atom. The molecule has 5 aromatic rings. The molecule has 5 rings (SSSR count). The molecule has 1 N–H and O–H groups in total. The van der Waals surface area contributed by atoms with Crippen LogP contribution in [0.15, 0.2) is 121 Å². The highest BCUT2D eigenvalue weighted by Crippen LogP contribution is 2.31. The van der Waals surface area contributed by atoms with E-state index in [2.05, 4.69) is 71.0 Å². The predicted molar refractivity (Wildman–Crippen MR) is 128 cm³/mol. The van der Waals surface area contributed by atoms with Gasteiger partial charge in [0.25, 0.3) is 0 Å². The van der Waals surface area contributed by atoms with Gasteiger partial charge in [-0.3, -0.25) is 0 Å². The summed E-state index contributed by atoms with van der Waals surface area (Å²) in [6.07, 6.45) is 1.86. The molecule has 0 aliphatic heterocycles. The van der Waals surface area contributed by atoms with Crippen molar-refractivity contribution in [3.8, 4) is 33.8 Å². The minimum Gasteiger partial charge on any atom is -0.352 e. The SMILES string of the molecule is c1ccc(-c2ccc(Nc3cnc(-c4ccccc4)nc3-c3ccccc3)cc2)cc1. The highest BCUT2D eigenvalue weighted by molar-refractivity contribution is 5.79. The monoisotopic (exact) mass is 399 g/mol. The van der Waals surface area contributed by atoms with Crippen molar-refractivity contribution in [3.63, 3.8) is 0 Å². The Balaban J connectivity index is 1.50. The Morgan fingerprint density at radius 3 is 1.61 bits per heavy atom. The number of rotatable bonds is 5. The van der Waals surface area contributed by atoms with Gasteiger partial charge in [0, 0.05) is 16.8 Å². The minimum atomic E-state index is 0.712. The maximum Gasteiger partial charge on any atom is 0.159 e. The number of aromatic nitrogens is 2. The van der Waals surface area contributed by atoms with E-state index in [1.54, 1.807) is 0 Å². The Bertz CT molecular complexity index is 1270. The second-order valence-electron chi connectivity index (χ2n) is 7.26. The summed E-state index contributed by atoms with van der Waals surface area (Å²) in [4.78, 5) is 9.52. The lowest BCUT2D eigenvalue weighted by Gasteiger charge is -2.13. The molecule has 0 unspecified atom stereocenters. The molecule has 3 heteroatoms. The van der Waals surface area contributed by atoms with Crippen LogP contribution < -0.4 is 5.32 Å². The van der Waals surface area contributed by atoms with E-state index in [4.69, 9.17) is 4.98 Å². The van der Waals surface area contributed by atoms with Crippen LogP contribution in [-0.2, 0) is 0 Å². The van der Waals surface area contributed by atoms with Gasteiger partial charge in [0.15, 0.2) is 5.82 Å². The van der Waals surface area contributed by atoms with Crippen LogP contribution in [0, 0.1) is 0 Å². The molecule has 1 aromatic heterocycles. The van der Waals surface area contributed by atoms with Gasteiger partial charge in [-0.25, -0.2) is 9.97 Å². The van der Waals surface area contributed by atoms with Gasteiger partial charge in [-0.2, -0.15) is 0 Å². The van der Waals surface area contributed by atoms with Crippen molar-refractivity contribution in [1.82, 2.24) is 9.97 Å². The van der Waals surface area contributed by atoms with Crippen LogP contribution in [0.1, 0.15) is 0 Å². The molecule has 0 radical (unpaired) electrons. The largest absolute Gasteiger partial charge is 0.352 e. The molecule has 0 spiro atoms. The van der Waals surface area contributed by atoms with Gasteiger partial charge in [-0.1, -0.05) is 103 Å². The van der Waals surface area contributed by atoms with Gasteiger partial charge in [-0.15, -0.1) is 0 Å². The first kappa shape index (κ1) is 18.8. The summed E-state index contributed by atoms with van der Waals surface area (Å²) in [6.45, 7) is 0. The van der Waals surface area contributed by atoms with E-state index in [1.807, 2.05) is 60.8 Å². The molecule has 0 atom stereocenters. The third-order valence-electron chi connectivity index (χ3n) is 5.14. The maximum absolute atomic E-state index is 4.90. The highest BCUT2D eigenvalue weighted by Gasteiger charge is 2.11. The lowest BCUT2D eigenvalue weighted by atomic mass is 10.1. The van der Waals surface area contributed by atoms with Crippen molar-refractivity contribution >= 4 is 11.4 Å². The van der Waals surface area contributed by atoms with Crippen molar-refractivity contribution in [2.24, 2.45) is 0 Å². The summed E-state index contributed by atoms with van der Waals surface area (Å²) in [7, 11) is 0. The molecule has 1 heterocycles. The van der Waals surface area contributed by atoms with E-state index in [0.717, 1.165) is 28.2 Å². The Morgan fingerprint density at radius 1 is 0.484 bits per heavy atom. The van der Waals surface area contributed by atoms with Gasteiger partial charge in [0.1, 0.15) is 0 Å². The zero-order valence-corrected chi connectivity index (χ0v) is 16.9. The Kier molecular flexibility index (Phi) is 5.23. The third-order valence-corrected chi connectivity index (χ3v) is 5.14. The highest BCUT2D eigenvalue weighted by atomic mass is 15.0. The summed E-state index contributed by atoms with van der Waals surface area (Å²) in [5.74, 6) is 0.712. The van der Waals surface area contributed by atoms with Crippen molar-refractivity contribution < 1.29 is 0 Å². The summed E-state index contributed by atoms with van der Waals surface area (Å²) in [5, 5.41) is 3.50. The van der Waals surface area contributed by atoms with E-state index in [0.29, 0.717) is 5.82 Å². The molecule has 0 amide bonds. The molecular formula is C28H21N3. The van der Waals surface area contributed by atoms with Crippen LogP contribution in [0.2, 0.25) is 0 Å². The molecule has 0 saturated heterocycles. The average Bonchev–Trinajstić information content (AvgIpc) is 2.86.